The highest BCUT2D eigenvalue weighted by molar-refractivity contribution is 8.01. The molecule has 0 radical (unpaired) electrons. The number of thiol groups is 1. The van der Waals surface area contributed by atoms with Gasteiger partial charge in [-0.1, -0.05) is 16.6 Å². The van der Waals surface area contributed by atoms with Crippen molar-refractivity contribution in [3.05, 3.63) is 24.3 Å². The first-order valence-electron chi connectivity index (χ1n) is 4.37. The average molecular weight is 283 g/mol. The molecular weight excluding hydrogens is 278 g/mol. The SMILES string of the molecule is Sc1snnc1Sc1nc2ccccc2s1. The van der Waals surface area contributed by atoms with E-state index >= 15 is 0 Å². The van der Waals surface area contributed by atoms with Crippen molar-refractivity contribution < 1.29 is 0 Å². The number of nitrogens with zero attached hydrogens (tertiary/aromatic N) is 3. The summed E-state index contributed by atoms with van der Waals surface area (Å²) in [6.45, 7) is 0. The third kappa shape index (κ3) is 1.95. The van der Waals surface area contributed by atoms with Crippen LogP contribution in [0.1, 0.15) is 0 Å². The second-order valence-corrected chi connectivity index (χ2v) is 6.70. The molecule has 3 nitrogen and oxygen atoms in total. The minimum atomic E-state index is 0.826. The standard InChI is InChI=1S/C9H5N3S4/c13-8-7(11-12-16-8)15-9-10-5-3-1-2-4-6(5)14-9/h1-4,13H. The van der Waals surface area contributed by atoms with Crippen molar-refractivity contribution in [3.63, 3.8) is 0 Å². The summed E-state index contributed by atoms with van der Waals surface area (Å²) in [4.78, 5) is 4.51. The number of aromatic nitrogens is 3. The number of thiazole rings is 1. The monoisotopic (exact) mass is 283 g/mol. The Kier molecular flexibility index (Phi) is 2.84. The topological polar surface area (TPSA) is 38.7 Å². The van der Waals surface area contributed by atoms with Gasteiger partial charge in [-0.2, -0.15) is 0 Å². The van der Waals surface area contributed by atoms with E-state index in [9.17, 15) is 0 Å². The average Bonchev–Trinajstić information content (AvgIpc) is 2.85. The largest absolute Gasteiger partial charge is 0.229 e. The molecule has 0 saturated carbocycles. The molecule has 0 fully saturated rings. The zero-order valence-electron chi connectivity index (χ0n) is 7.82. The summed E-state index contributed by atoms with van der Waals surface area (Å²) in [6.07, 6.45) is 0. The van der Waals surface area contributed by atoms with Crippen LogP contribution in [-0.4, -0.2) is 14.6 Å². The Morgan fingerprint density at radius 3 is 2.88 bits per heavy atom. The second kappa shape index (κ2) is 4.33. The molecular formula is C9H5N3S4. The zero-order chi connectivity index (χ0) is 11.0. The molecule has 0 bridgehead atoms. The summed E-state index contributed by atoms with van der Waals surface area (Å²) >= 11 is 8.75. The number of fused-ring (bicyclic) bond motifs is 1. The zero-order valence-corrected chi connectivity index (χ0v) is 11.2. The molecule has 0 aliphatic carbocycles. The quantitative estimate of drug-likeness (QED) is 0.730. The van der Waals surface area contributed by atoms with Crippen molar-refractivity contribution in [2.45, 2.75) is 13.6 Å². The van der Waals surface area contributed by atoms with E-state index in [1.165, 1.54) is 28.0 Å². The first-order valence-corrected chi connectivity index (χ1v) is 7.23. The minimum Gasteiger partial charge on any atom is -0.229 e. The minimum absolute atomic E-state index is 0.826. The fourth-order valence-electron chi connectivity index (χ4n) is 1.22. The van der Waals surface area contributed by atoms with Crippen LogP contribution in [0.15, 0.2) is 37.8 Å². The molecule has 16 heavy (non-hydrogen) atoms. The number of benzene rings is 1. The molecule has 0 atom stereocenters. The predicted molar refractivity (Wildman–Crippen MR) is 70.9 cm³/mol. The van der Waals surface area contributed by atoms with Gasteiger partial charge in [0.25, 0.3) is 0 Å². The van der Waals surface area contributed by atoms with Crippen LogP contribution < -0.4 is 0 Å². The molecule has 0 N–H and O–H groups in total. The fourth-order valence-corrected chi connectivity index (χ4v) is 3.97. The van der Waals surface area contributed by atoms with Gasteiger partial charge < -0.3 is 0 Å². The van der Waals surface area contributed by atoms with Gasteiger partial charge in [-0.25, -0.2) is 4.98 Å². The molecule has 2 aromatic heterocycles. The Morgan fingerprint density at radius 1 is 1.25 bits per heavy atom. The molecule has 0 aliphatic heterocycles. The summed E-state index contributed by atoms with van der Waals surface area (Å²) in [6, 6.07) is 8.09. The van der Waals surface area contributed by atoms with Gasteiger partial charge >= 0.3 is 0 Å². The van der Waals surface area contributed by atoms with Gasteiger partial charge in [-0.05, 0) is 35.4 Å². The molecule has 0 aliphatic rings. The Labute approximate surface area is 109 Å². The van der Waals surface area contributed by atoms with E-state index in [2.05, 4.69) is 33.3 Å². The Hall–Kier alpha value is -0.630. The van der Waals surface area contributed by atoms with E-state index in [-0.39, 0.29) is 0 Å². The molecule has 3 rings (SSSR count). The molecule has 0 amide bonds. The van der Waals surface area contributed by atoms with Gasteiger partial charge in [0.2, 0.25) is 0 Å². The van der Waals surface area contributed by atoms with E-state index < -0.39 is 0 Å². The van der Waals surface area contributed by atoms with Crippen molar-refractivity contribution in [1.29, 1.82) is 0 Å². The second-order valence-electron chi connectivity index (χ2n) is 2.93. The first kappa shape index (κ1) is 10.5. The summed E-state index contributed by atoms with van der Waals surface area (Å²) in [7, 11) is 0. The van der Waals surface area contributed by atoms with Crippen LogP contribution in [0.2, 0.25) is 0 Å². The number of hydrogen-bond acceptors (Lipinski definition) is 7. The van der Waals surface area contributed by atoms with Crippen molar-refractivity contribution in [2.24, 2.45) is 0 Å². The van der Waals surface area contributed by atoms with Crippen molar-refractivity contribution in [1.82, 2.24) is 14.6 Å². The van der Waals surface area contributed by atoms with E-state index in [4.69, 9.17) is 0 Å². The van der Waals surface area contributed by atoms with Crippen LogP contribution in [0, 0.1) is 0 Å². The van der Waals surface area contributed by atoms with Crippen molar-refractivity contribution >= 4 is 57.5 Å². The summed E-state index contributed by atoms with van der Waals surface area (Å²) in [5, 5.41) is 4.83. The summed E-state index contributed by atoms with van der Waals surface area (Å²) in [5.74, 6) is 0. The van der Waals surface area contributed by atoms with Crippen LogP contribution in [-0.2, 0) is 0 Å². The Morgan fingerprint density at radius 2 is 2.12 bits per heavy atom. The maximum Gasteiger partial charge on any atom is 0.157 e. The lowest BCUT2D eigenvalue weighted by Gasteiger charge is -1.89. The van der Waals surface area contributed by atoms with Gasteiger partial charge in [0.05, 0.1) is 10.2 Å². The predicted octanol–water partition coefficient (Wildman–Crippen LogP) is 3.59. The highest BCUT2D eigenvalue weighted by atomic mass is 32.2. The summed E-state index contributed by atoms with van der Waals surface area (Å²) < 4.78 is 6.85. The van der Waals surface area contributed by atoms with Crippen LogP contribution in [0.25, 0.3) is 10.2 Å². The number of rotatable bonds is 2. The highest BCUT2D eigenvalue weighted by Gasteiger charge is 2.10. The van der Waals surface area contributed by atoms with Crippen LogP contribution in [0.5, 0.6) is 0 Å². The Bertz CT molecular complexity index is 597. The van der Waals surface area contributed by atoms with Gasteiger partial charge in [-0.3, -0.25) is 0 Å². The van der Waals surface area contributed by atoms with Crippen LogP contribution in [0.3, 0.4) is 0 Å². The molecule has 80 valence electrons. The smallest absolute Gasteiger partial charge is 0.157 e. The fraction of sp³-hybridized carbons (Fsp3) is 0. The van der Waals surface area contributed by atoms with E-state index in [1.807, 2.05) is 18.2 Å². The summed E-state index contributed by atoms with van der Waals surface area (Å²) in [5.41, 5.74) is 1.03. The maximum atomic E-state index is 4.51. The molecule has 0 unspecified atom stereocenters. The lowest BCUT2D eigenvalue weighted by molar-refractivity contribution is 1.00. The van der Waals surface area contributed by atoms with E-state index in [0.29, 0.717) is 0 Å². The highest BCUT2D eigenvalue weighted by Crippen LogP contribution is 2.36. The van der Waals surface area contributed by atoms with E-state index in [0.717, 1.165) is 19.1 Å². The van der Waals surface area contributed by atoms with Crippen molar-refractivity contribution in [3.8, 4) is 0 Å². The molecule has 2 heterocycles. The normalized spacial score (nSPS) is 11.1. The van der Waals surface area contributed by atoms with Crippen molar-refractivity contribution in [2.75, 3.05) is 0 Å². The number of para-hydroxylation sites is 1. The van der Waals surface area contributed by atoms with Crippen LogP contribution >= 0.6 is 47.3 Å². The molecule has 3 aromatic rings. The lowest BCUT2D eigenvalue weighted by Crippen LogP contribution is -1.73. The van der Waals surface area contributed by atoms with E-state index in [1.54, 1.807) is 11.3 Å². The maximum absolute atomic E-state index is 4.51. The molecule has 7 heteroatoms. The molecule has 1 aromatic carbocycles. The lowest BCUT2D eigenvalue weighted by atomic mass is 10.3. The number of hydrogen-bond donors (Lipinski definition) is 1. The molecule has 0 saturated heterocycles. The third-order valence-electron chi connectivity index (χ3n) is 1.90. The third-order valence-corrected chi connectivity index (χ3v) is 5.24. The van der Waals surface area contributed by atoms with Gasteiger partial charge in [0, 0.05) is 0 Å². The van der Waals surface area contributed by atoms with Gasteiger partial charge in [-0.15, -0.1) is 29.1 Å². The first-order chi connectivity index (χ1) is 7.83. The molecule has 0 spiro atoms. The van der Waals surface area contributed by atoms with Gasteiger partial charge in [0.15, 0.2) is 9.37 Å². The van der Waals surface area contributed by atoms with Gasteiger partial charge in [0.1, 0.15) is 4.21 Å². The Balaban J connectivity index is 1.98. The van der Waals surface area contributed by atoms with Crippen LogP contribution in [0.4, 0.5) is 0 Å².